The zero-order chi connectivity index (χ0) is 25.6. The topological polar surface area (TPSA) is 0 Å². The van der Waals surface area contributed by atoms with E-state index in [1.807, 2.05) is 127 Å². The van der Waals surface area contributed by atoms with Crippen LogP contribution in [-0.4, -0.2) is 0 Å². The summed E-state index contributed by atoms with van der Waals surface area (Å²) >= 11 is 12.3. The molecular weight excluding hydrogens is 683 g/mol. The molecule has 0 saturated carbocycles. The summed E-state index contributed by atoms with van der Waals surface area (Å²) in [4.78, 5) is 3.05. The summed E-state index contributed by atoms with van der Waals surface area (Å²) in [5.74, 6) is 0. The molecule has 5 aromatic carbocycles. The van der Waals surface area contributed by atoms with E-state index in [-0.39, 0.29) is 39.0 Å². The second-order valence-electron chi connectivity index (χ2n) is 7.32. The summed E-state index contributed by atoms with van der Waals surface area (Å²) in [5.41, 5.74) is 2.64. The van der Waals surface area contributed by atoms with Crippen LogP contribution in [0.15, 0.2) is 166 Å². The third kappa shape index (κ3) is 24.5. The molecule has 0 aliphatic carbocycles. The first-order valence-electron chi connectivity index (χ1n) is 11.2. The van der Waals surface area contributed by atoms with Gasteiger partial charge in [0.25, 0.3) is 0 Å². The Labute approximate surface area is 266 Å². The first-order valence-corrected chi connectivity index (χ1v) is 12.6. The summed E-state index contributed by atoms with van der Waals surface area (Å²) in [6.07, 6.45) is 0. The average molecular weight is 717 g/mol. The van der Waals surface area contributed by atoms with Gasteiger partial charge in [0, 0.05) is 14.7 Å². The molecule has 0 atom stereocenters. The van der Waals surface area contributed by atoms with E-state index in [1.165, 1.54) is 11.1 Å². The van der Waals surface area contributed by atoms with Crippen LogP contribution in [-0.2, 0) is 39.0 Å². The SMILES string of the molecule is Cc1ccccc1.Cc1ccccc1.Sc1ccccc1.Sc1ccccc1.Sc1ccccc1.[Ru+3].[Ru+3]. The molecule has 0 nitrogen and oxygen atoms in total. The van der Waals surface area contributed by atoms with Crippen molar-refractivity contribution >= 4 is 37.9 Å². The van der Waals surface area contributed by atoms with E-state index < -0.39 is 0 Å². The molecule has 0 aliphatic heterocycles. The number of aryl methyl sites for hydroxylation is 2. The number of hydrogen-bond acceptors (Lipinski definition) is 3. The Balaban J connectivity index is 0. The molecule has 37 heavy (non-hydrogen) atoms. The summed E-state index contributed by atoms with van der Waals surface area (Å²) in [6.45, 7) is 4.17. The van der Waals surface area contributed by atoms with E-state index >= 15 is 0 Å². The van der Waals surface area contributed by atoms with Crippen molar-refractivity contribution in [2.24, 2.45) is 0 Å². The van der Waals surface area contributed by atoms with Gasteiger partial charge in [-0.05, 0) is 50.2 Å². The molecule has 0 fully saturated rings. The first kappa shape index (κ1) is 37.5. The standard InChI is InChI=1S/2C7H8.3C6H6S.2Ru/c2*1-7-5-3-2-4-6-7;3*7-6-4-2-1-3-5-6;;/h2*2-6H,1H3;3*1-5,7H;;/q;;;;;2*+3. The molecule has 5 heteroatoms. The van der Waals surface area contributed by atoms with Crippen molar-refractivity contribution in [1.82, 2.24) is 0 Å². The fourth-order valence-corrected chi connectivity index (χ4v) is 2.87. The van der Waals surface area contributed by atoms with E-state index in [2.05, 4.69) is 76.0 Å². The Morgan fingerprint density at radius 3 is 0.541 bits per heavy atom. The smallest absolute Gasteiger partial charge is 0.143 e. The van der Waals surface area contributed by atoms with Crippen LogP contribution in [0.5, 0.6) is 0 Å². The number of thiol groups is 3. The maximum atomic E-state index is 4.08. The molecule has 0 heterocycles. The largest absolute Gasteiger partial charge is 3.00 e. The quantitative estimate of drug-likeness (QED) is 0.103. The predicted octanol–water partition coefficient (Wildman–Crippen LogP) is 9.91. The first-order chi connectivity index (χ1) is 17.0. The molecule has 0 N–H and O–H groups in total. The van der Waals surface area contributed by atoms with Crippen molar-refractivity contribution in [3.63, 3.8) is 0 Å². The third-order valence-electron chi connectivity index (χ3n) is 4.15. The molecule has 5 aromatic rings. The van der Waals surface area contributed by atoms with Crippen LogP contribution in [0.1, 0.15) is 11.1 Å². The third-order valence-corrected chi connectivity index (χ3v) is 5.04. The molecule has 0 saturated heterocycles. The van der Waals surface area contributed by atoms with E-state index in [1.54, 1.807) is 0 Å². The molecule has 5 rings (SSSR count). The summed E-state index contributed by atoms with van der Waals surface area (Å²) < 4.78 is 0. The van der Waals surface area contributed by atoms with Crippen molar-refractivity contribution in [3.8, 4) is 0 Å². The fraction of sp³-hybridized carbons (Fsp3) is 0.0625. The minimum Gasteiger partial charge on any atom is -0.143 e. The molecule has 190 valence electrons. The van der Waals surface area contributed by atoms with E-state index in [4.69, 9.17) is 0 Å². The molecule has 0 spiro atoms. The van der Waals surface area contributed by atoms with Crippen LogP contribution in [0.3, 0.4) is 0 Å². The monoisotopic (exact) mass is 718 g/mol. The fourth-order valence-electron chi connectivity index (χ4n) is 2.35. The van der Waals surface area contributed by atoms with Gasteiger partial charge in [0.05, 0.1) is 0 Å². The predicted molar refractivity (Wildman–Crippen MR) is 163 cm³/mol. The summed E-state index contributed by atoms with van der Waals surface area (Å²) in [6, 6.07) is 49.9. The van der Waals surface area contributed by atoms with Crippen LogP contribution in [0.2, 0.25) is 0 Å². The Kier molecular flexibility index (Phi) is 26.4. The van der Waals surface area contributed by atoms with Gasteiger partial charge in [-0.1, -0.05) is 126 Å². The van der Waals surface area contributed by atoms with Crippen molar-refractivity contribution in [2.75, 3.05) is 0 Å². The van der Waals surface area contributed by atoms with Crippen molar-refractivity contribution in [3.05, 3.63) is 163 Å². The van der Waals surface area contributed by atoms with Gasteiger partial charge in [-0.2, -0.15) is 0 Å². The number of benzene rings is 5. The second kappa shape index (κ2) is 26.0. The minimum atomic E-state index is 0. The summed E-state index contributed by atoms with van der Waals surface area (Å²) in [7, 11) is 0. The van der Waals surface area contributed by atoms with Gasteiger partial charge in [0.15, 0.2) is 0 Å². The Bertz CT molecular complexity index is 894. The van der Waals surface area contributed by atoms with Gasteiger partial charge in [-0.25, -0.2) is 0 Å². The molecule has 0 bridgehead atoms. The van der Waals surface area contributed by atoms with Crippen molar-refractivity contribution in [1.29, 1.82) is 0 Å². The van der Waals surface area contributed by atoms with Gasteiger partial charge >= 0.3 is 39.0 Å². The molecule has 0 aliphatic rings. The molecule has 0 unspecified atom stereocenters. The molecule has 2 radical (unpaired) electrons. The Morgan fingerprint density at radius 1 is 0.297 bits per heavy atom. The van der Waals surface area contributed by atoms with Gasteiger partial charge in [-0.3, -0.25) is 0 Å². The number of rotatable bonds is 0. The van der Waals surface area contributed by atoms with E-state index in [9.17, 15) is 0 Å². The van der Waals surface area contributed by atoms with Crippen LogP contribution in [0.4, 0.5) is 0 Å². The van der Waals surface area contributed by atoms with E-state index in [0.717, 1.165) is 14.7 Å². The molecule has 0 aromatic heterocycles. The van der Waals surface area contributed by atoms with Crippen molar-refractivity contribution in [2.45, 2.75) is 28.5 Å². The van der Waals surface area contributed by atoms with Crippen molar-refractivity contribution < 1.29 is 39.0 Å². The van der Waals surface area contributed by atoms with Gasteiger partial charge < -0.3 is 0 Å². The van der Waals surface area contributed by atoms with Crippen LogP contribution >= 0.6 is 37.9 Å². The summed E-state index contributed by atoms with van der Waals surface area (Å²) in [5, 5.41) is 0. The van der Waals surface area contributed by atoms with Crippen LogP contribution < -0.4 is 0 Å². The zero-order valence-corrected chi connectivity index (χ0v) is 27.1. The van der Waals surface area contributed by atoms with Crippen LogP contribution in [0, 0.1) is 13.8 Å². The van der Waals surface area contributed by atoms with Gasteiger partial charge in [0.2, 0.25) is 0 Å². The Hall–Kier alpha value is -1.60. The number of hydrogen-bond donors (Lipinski definition) is 3. The Morgan fingerprint density at radius 2 is 0.459 bits per heavy atom. The normalized spacial score (nSPS) is 8.24. The molecular formula is C32H34Ru2S3+6. The minimum absolute atomic E-state index is 0. The second-order valence-corrected chi connectivity index (χ2v) is 8.87. The zero-order valence-electron chi connectivity index (χ0n) is 21.0. The maximum absolute atomic E-state index is 4.08. The molecule has 0 amide bonds. The van der Waals surface area contributed by atoms with Gasteiger partial charge in [0.1, 0.15) is 0 Å². The maximum Gasteiger partial charge on any atom is 3.00 e. The average Bonchev–Trinajstić information content (AvgIpc) is 2.88. The van der Waals surface area contributed by atoms with Gasteiger partial charge in [-0.15, -0.1) is 37.9 Å². The van der Waals surface area contributed by atoms with E-state index in [0.29, 0.717) is 0 Å². The van der Waals surface area contributed by atoms with Crippen LogP contribution in [0.25, 0.3) is 0 Å².